The maximum absolute atomic E-state index is 12.6. The number of hydrogen-bond acceptors (Lipinski definition) is 5. The molecule has 0 saturated heterocycles. The lowest BCUT2D eigenvalue weighted by atomic mass is 9.97. The first-order valence-electron chi connectivity index (χ1n) is 10.8. The number of nitrogens with zero attached hydrogens (tertiary/aromatic N) is 1. The highest BCUT2D eigenvalue weighted by Gasteiger charge is 2.15. The van der Waals surface area contributed by atoms with Crippen LogP contribution in [0.3, 0.4) is 0 Å². The van der Waals surface area contributed by atoms with Crippen LogP contribution in [0.25, 0.3) is 0 Å². The van der Waals surface area contributed by atoms with E-state index in [1.54, 1.807) is 26.2 Å². The Balaban J connectivity index is 1.50. The van der Waals surface area contributed by atoms with Crippen LogP contribution in [0, 0.1) is 0 Å². The summed E-state index contributed by atoms with van der Waals surface area (Å²) < 4.78 is 10.6. The smallest absolute Gasteiger partial charge is 0.222 e. The van der Waals surface area contributed by atoms with Crippen molar-refractivity contribution in [2.24, 2.45) is 0 Å². The number of likely N-dealkylation sites (N-methyl/N-ethyl adjacent to an activating group) is 1. The first kappa shape index (κ1) is 22.8. The van der Waals surface area contributed by atoms with Crippen LogP contribution >= 0.6 is 0 Å². The van der Waals surface area contributed by atoms with Crippen molar-refractivity contribution in [1.29, 1.82) is 0 Å². The Morgan fingerprint density at radius 1 is 0.935 bits per heavy atom. The second-order valence-corrected chi connectivity index (χ2v) is 7.91. The summed E-state index contributed by atoms with van der Waals surface area (Å²) in [6, 6.07) is 11.7. The molecular formula is C25H32N2O4. The predicted octanol–water partition coefficient (Wildman–Crippen LogP) is 3.06. The fourth-order valence-electron chi connectivity index (χ4n) is 3.86. The summed E-state index contributed by atoms with van der Waals surface area (Å²) in [4.78, 5) is 26.9. The molecule has 0 unspecified atom stereocenters. The van der Waals surface area contributed by atoms with Gasteiger partial charge in [0.2, 0.25) is 5.91 Å². The van der Waals surface area contributed by atoms with Gasteiger partial charge < -0.3 is 19.7 Å². The third kappa shape index (κ3) is 6.07. The Morgan fingerprint density at radius 3 is 2.42 bits per heavy atom. The number of Topliss-reactive ketones (excluding diaryl/α,β-unsaturated/α-hetero) is 1. The molecule has 3 rings (SSSR count). The molecule has 1 heterocycles. The van der Waals surface area contributed by atoms with Gasteiger partial charge >= 0.3 is 0 Å². The molecule has 2 aromatic rings. The normalized spacial score (nSPS) is 13.1. The largest absolute Gasteiger partial charge is 0.493 e. The first-order valence-corrected chi connectivity index (χ1v) is 10.8. The minimum Gasteiger partial charge on any atom is -0.493 e. The van der Waals surface area contributed by atoms with Gasteiger partial charge in [-0.3, -0.25) is 9.59 Å². The van der Waals surface area contributed by atoms with Crippen molar-refractivity contribution < 1.29 is 19.1 Å². The van der Waals surface area contributed by atoms with Gasteiger partial charge in [0.25, 0.3) is 0 Å². The van der Waals surface area contributed by atoms with Crippen LogP contribution in [0.15, 0.2) is 36.4 Å². The zero-order valence-electron chi connectivity index (χ0n) is 18.7. The Morgan fingerprint density at radius 2 is 1.68 bits per heavy atom. The number of methoxy groups -OCH3 is 2. The fraction of sp³-hybridized carbons (Fsp3) is 0.440. The molecule has 6 nitrogen and oxygen atoms in total. The van der Waals surface area contributed by atoms with E-state index in [0.717, 1.165) is 31.5 Å². The van der Waals surface area contributed by atoms with E-state index in [1.807, 2.05) is 30.3 Å². The van der Waals surface area contributed by atoms with Gasteiger partial charge in [-0.05, 0) is 67.2 Å². The van der Waals surface area contributed by atoms with Crippen LogP contribution < -0.4 is 14.8 Å². The van der Waals surface area contributed by atoms with E-state index in [4.69, 9.17) is 9.47 Å². The molecule has 166 valence electrons. The summed E-state index contributed by atoms with van der Waals surface area (Å²) in [6.07, 6.45) is 3.09. The molecule has 0 saturated carbocycles. The summed E-state index contributed by atoms with van der Waals surface area (Å²) in [5.74, 6) is 1.37. The highest BCUT2D eigenvalue weighted by Crippen LogP contribution is 2.27. The van der Waals surface area contributed by atoms with Gasteiger partial charge in [0, 0.05) is 32.0 Å². The number of fused-ring (bicyclic) bond motifs is 1. The molecule has 1 aliphatic heterocycles. The van der Waals surface area contributed by atoms with Gasteiger partial charge in [-0.15, -0.1) is 0 Å². The van der Waals surface area contributed by atoms with Crippen LogP contribution in [-0.2, 0) is 24.1 Å². The second kappa shape index (κ2) is 11.0. The number of carbonyl (C=O) groups is 2. The zero-order chi connectivity index (χ0) is 22.2. The first-order chi connectivity index (χ1) is 15.0. The number of benzene rings is 2. The summed E-state index contributed by atoms with van der Waals surface area (Å²) >= 11 is 0. The van der Waals surface area contributed by atoms with Gasteiger partial charge in [0.05, 0.1) is 14.2 Å². The zero-order valence-corrected chi connectivity index (χ0v) is 18.7. The van der Waals surface area contributed by atoms with Crippen molar-refractivity contribution in [3.63, 3.8) is 0 Å². The number of ether oxygens (including phenoxy) is 2. The molecule has 0 atom stereocenters. The SMILES string of the molecule is COc1ccc(CCN(C)C(=O)CCC(=O)c2ccc3c(c2)CCNCC3)cc1OC. The standard InChI is InChI=1S/C25H32N2O4/c1-27(15-12-18-4-8-23(30-2)24(16-18)31-3)25(29)9-7-22(28)21-6-5-19-10-13-26-14-11-20(19)17-21/h4-6,8,16-17,26H,7,9-15H2,1-3H3. The average Bonchev–Trinajstić information content (AvgIpc) is 3.05. The van der Waals surface area contributed by atoms with E-state index in [9.17, 15) is 9.59 Å². The lowest BCUT2D eigenvalue weighted by Gasteiger charge is -2.17. The van der Waals surface area contributed by atoms with E-state index in [1.165, 1.54) is 11.1 Å². The maximum atomic E-state index is 12.6. The van der Waals surface area contributed by atoms with Crippen molar-refractivity contribution in [1.82, 2.24) is 10.2 Å². The van der Waals surface area contributed by atoms with Crippen molar-refractivity contribution in [3.8, 4) is 11.5 Å². The Hall–Kier alpha value is -2.86. The summed E-state index contributed by atoms with van der Waals surface area (Å²) in [5, 5.41) is 3.38. The Bertz CT molecular complexity index is 926. The summed E-state index contributed by atoms with van der Waals surface area (Å²) in [6.45, 7) is 2.49. The maximum Gasteiger partial charge on any atom is 0.222 e. The molecule has 1 amide bonds. The highest BCUT2D eigenvalue weighted by molar-refractivity contribution is 5.98. The molecule has 0 spiro atoms. The second-order valence-electron chi connectivity index (χ2n) is 7.91. The van der Waals surface area contributed by atoms with Gasteiger partial charge in [0.15, 0.2) is 17.3 Å². The van der Waals surface area contributed by atoms with Gasteiger partial charge in [-0.2, -0.15) is 0 Å². The highest BCUT2D eigenvalue weighted by atomic mass is 16.5. The van der Waals surface area contributed by atoms with E-state index in [2.05, 4.69) is 11.4 Å². The molecule has 0 fully saturated rings. The third-order valence-electron chi connectivity index (χ3n) is 5.85. The lowest BCUT2D eigenvalue weighted by molar-refractivity contribution is -0.129. The van der Waals surface area contributed by atoms with Crippen LogP contribution in [-0.4, -0.2) is 57.5 Å². The monoisotopic (exact) mass is 424 g/mol. The van der Waals surface area contributed by atoms with E-state index in [-0.39, 0.29) is 24.5 Å². The number of hydrogen-bond donors (Lipinski definition) is 1. The van der Waals surface area contributed by atoms with E-state index >= 15 is 0 Å². The third-order valence-corrected chi connectivity index (χ3v) is 5.85. The minimum absolute atomic E-state index is 0.0206. The summed E-state index contributed by atoms with van der Waals surface area (Å²) in [7, 11) is 4.99. The number of ketones is 1. The predicted molar refractivity (Wildman–Crippen MR) is 121 cm³/mol. The molecular weight excluding hydrogens is 392 g/mol. The van der Waals surface area contributed by atoms with Gasteiger partial charge in [0.1, 0.15) is 0 Å². The number of nitrogens with one attached hydrogen (secondary N) is 1. The van der Waals surface area contributed by atoms with Crippen LogP contribution in [0.5, 0.6) is 11.5 Å². The molecule has 2 aromatic carbocycles. The quantitative estimate of drug-likeness (QED) is 0.627. The molecule has 6 heteroatoms. The number of rotatable bonds is 9. The molecule has 0 bridgehead atoms. The fourth-order valence-corrected chi connectivity index (χ4v) is 3.86. The van der Waals surface area contributed by atoms with Crippen molar-refractivity contribution in [3.05, 3.63) is 58.7 Å². The molecule has 0 radical (unpaired) electrons. The average molecular weight is 425 g/mol. The van der Waals surface area contributed by atoms with Crippen LogP contribution in [0.4, 0.5) is 0 Å². The molecule has 1 N–H and O–H groups in total. The van der Waals surface area contributed by atoms with Crippen molar-refractivity contribution in [2.75, 3.05) is 40.9 Å². The lowest BCUT2D eigenvalue weighted by Crippen LogP contribution is -2.29. The van der Waals surface area contributed by atoms with Crippen LogP contribution in [0.1, 0.15) is 39.9 Å². The van der Waals surface area contributed by atoms with Crippen molar-refractivity contribution >= 4 is 11.7 Å². The van der Waals surface area contributed by atoms with E-state index in [0.29, 0.717) is 30.0 Å². The number of carbonyl (C=O) groups excluding carboxylic acids is 2. The topological polar surface area (TPSA) is 67.9 Å². The Labute approximate surface area is 184 Å². The minimum atomic E-state index is -0.0206. The van der Waals surface area contributed by atoms with Crippen LogP contribution in [0.2, 0.25) is 0 Å². The van der Waals surface area contributed by atoms with Gasteiger partial charge in [-0.25, -0.2) is 0 Å². The molecule has 0 aromatic heterocycles. The van der Waals surface area contributed by atoms with Gasteiger partial charge in [-0.1, -0.05) is 18.2 Å². The molecule has 0 aliphatic carbocycles. The molecule has 31 heavy (non-hydrogen) atoms. The summed E-state index contributed by atoms with van der Waals surface area (Å²) in [5.41, 5.74) is 4.33. The van der Waals surface area contributed by atoms with E-state index < -0.39 is 0 Å². The molecule has 1 aliphatic rings. The number of amides is 1. The Kier molecular flexibility index (Phi) is 8.06. The van der Waals surface area contributed by atoms with Crippen molar-refractivity contribution in [2.45, 2.75) is 32.1 Å².